The number of rotatable bonds is 6. The first kappa shape index (κ1) is 27.0. The molecule has 7 rings (SSSR count). The molecule has 7 heteroatoms. The van der Waals surface area contributed by atoms with E-state index >= 15 is 0 Å². The molecular weight excluding hydrogens is 520 g/mol. The first-order chi connectivity index (χ1) is 20.6. The molecule has 1 unspecified atom stereocenters. The Balaban J connectivity index is 1.05. The zero-order valence-electron chi connectivity index (χ0n) is 24.5. The Labute approximate surface area is 247 Å². The Hall–Kier alpha value is -3.84. The zero-order chi connectivity index (χ0) is 28.5. The van der Waals surface area contributed by atoms with E-state index in [-0.39, 0.29) is 17.7 Å². The summed E-state index contributed by atoms with van der Waals surface area (Å²) in [5.41, 5.74) is 7.34. The number of aryl methyl sites for hydroxylation is 1. The molecule has 4 aromatic rings. The van der Waals surface area contributed by atoms with Gasteiger partial charge in [-0.1, -0.05) is 67.8 Å². The van der Waals surface area contributed by atoms with Crippen LogP contribution in [0.2, 0.25) is 0 Å². The van der Waals surface area contributed by atoms with E-state index < -0.39 is 0 Å². The van der Waals surface area contributed by atoms with Crippen LogP contribution < -0.4 is 5.32 Å². The van der Waals surface area contributed by atoms with Gasteiger partial charge in [0.15, 0.2) is 11.3 Å². The fourth-order valence-corrected chi connectivity index (χ4v) is 6.96. The average Bonchev–Trinajstić information content (AvgIpc) is 3.43. The van der Waals surface area contributed by atoms with Crippen LogP contribution in [0.25, 0.3) is 27.8 Å². The van der Waals surface area contributed by atoms with Crippen molar-refractivity contribution >= 4 is 22.6 Å². The topological polar surface area (TPSA) is 75.4 Å². The molecule has 3 aromatic heterocycles. The number of hydrogen-bond donors (Lipinski definition) is 1. The number of allylic oxidation sites excluding steroid dienone is 2. The Morgan fingerprint density at radius 2 is 1.83 bits per heavy atom. The van der Waals surface area contributed by atoms with Gasteiger partial charge in [-0.25, -0.2) is 9.97 Å². The summed E-state index contributed by atoms with van der Waals surface area (Å²) in [6.45, 7) is 4.89. The molecule has 42 heavy (non-hydrogen) atoms. The molecule has 1 saturated carbocycles. The van der Waals surface area contributed by atoms with Crippen molar-refractivity contribution in [3.8, 4) is 11.1 Å². The molecule has 0 radical (unpaired) electrons. The minimum absolute atomic E-state index is 0.166. The van der Waals surface area contributed by atoms with Crippen molar-refractivity contribution in [2.45, 2.75) is 70.3 Å². The molecule has 7 nitrogen and oxygen atoms in total. The van der Waals surface area contributed by atoms with Gasteiger partial charge in [-0.15, -0.1) is 0 Å². The van der Waals surface area contributed by atoms with Gasteiger partial charge in [0.25, 0.3) is 0 Å². The highest BCUT2D eigenvalue weighted by atomic mass is 16.1. The van der Waals surface area contributed by atoms with E-state index in [1.54, 1.807) is 0 Å². The maximum absolute atomic E-state index is 12.9. The summed E-state index contributed by atoms with van der Waals surface area (Å²) in [7, 11) is 0. The molecule has 1 atom stereocenters. The van der Waals surface area contributed by atoms with E-state index in [0.717, 1.165) is 90.9 Å². The van der Waals surface area contributed by atoms with Crippen molar-refractivity contribution < 1.29 is 4.79 Å². The lowest BCUT2D eigenvalue weighted by Crippen LogP contribution is -2.44. The van der Waals surface area contributed by atoms with E-state index in [0.29, 0.717) is 6.04 Å². The lowest BCUT2D eigenvalue weighted by atomic mass is 9.88. The zero-order valence-corrected chi connectivity index (χ0v) is 24.5. The first-order valence-electron chi connectivity index (χ1n) is 15.7. The van der Waals surface area contributed by atoms with Crippen LogP contribution in [-0.2, 0) is 4.79 Å². The number of benzene rings is 1. The molecule has 4 heterocycles. The number of likely N-dealkylation sites (tertiary alicyclic amines) is 1. The van der Waals surface area contributed by atoms with E-state index in [9.17, 15) is 4.79 Å². The number of amides is 1. The SMILES string of the molecule is Cc1cc2ncc3cc(-c4ccccc4)c(C4C=CC(CN5CCC(C(=O)NC6CCCCC6)CC5)=CC4)nc3n2n1. The Bertz CT molecular complexity index is 1640. The van der Waals surface area contributed by atoms with E-state index in [1.165, 1.54) is 24.8 Å². The third-order valence-corrected chi connectivity index (χ3v) is 9.34. The quantitative estimate of drug-likeness (QED) is 0.296. The van der Waals surface area contributed by atoms with Gasteiger partial charge in [0.1, 0.15) is 0 Å². The minimum atomic E-state index is 0.166. The molecule has 1 saturated heterocycles. The number of nitrogens with zero attached hydrogens (tertiary/aromatic N) is 5. The van der Waals surface area contributed by atoms with Crippen LogP contribution in [0.15, 0.2) is 72.5 Å². The van der Waals surface area contributed by atoms with Crippen LogP contribution in [0.3, 0.4) is 0 Å². The molecule has 1 amide bonds. The van der Waals surface area contributed by atoms with Crippen molar-refractivity contribution in [2.75, 3.05) is 19.6 Å². The Kier molecular flexibility index (Phi) is 7.59. The van der Waals surface area contributed by atoms with Gasteiger partial charge in [0.05, 0.1) is 11.4 Å². The molecular formula is C35H40N6O. The maximum atomic E-state index is 12.9. The van der Waals surface area contributed by atoms with Crippen LogP contribution in [0.4, 0.5) is 0 Å². The minimum Gasteiger partial charge on any atom is -0.353 e. The van der Waals surface area contributed by atoms with Crippen molar-refractivity contribution in [2.24, 2.45) is 5.92 Å². The Morgan fingerprint density at radius 3 is 2.60 bits per heavy atom. The van der Waals surface area contributed by atoms with Crippen LogP contribution >= 0.6 is 0 Å². The second-order valence-corrected chi connectivity index (χ2v) is 12.4. The average molecular weight is 561 g/mol. The predicted molar refractivity (Wildman–Crippen MR) is 167 cm³/mol. The van der Waals surface area contributed by atoms with E-state index in [1.807, 2.05) is 23.7 Å². The highest BCUT2D eigenvalue weighted by molar-refractivity contribution is 5.84. The van der Waals surface area contributed by atoms with Crippen LogP contribution in [0, 0.1) is 12.8 Å². The fourth-order valence-electron chi connectivity index (χ4n) is 6.96. The molecule has 3 aliphatic rings. The van der Waals surface area contributed by atoms with Crippen LogP contribution in [-0.4, -0.2) is 56.1 Å². The maximum Gasteiger partial charge on any atom is 0.223 e. The monoisotopic (exact) mass is 560 g/mol. The normalized spacial score (nSPS) is 20.7. The third-order valence-electron chi connectivity index (χ3n) is 9.34. The third kappa shape index (κ3) is 5.62. The molecule has 216 valence electrons. The number of piperidine rings is 1. The van der Waals surface area contributed by atoms with Gasteiger partial charge >= 0.3 is 0 Å². The number of aromatic nitrogens is 4. The summed E-state index contributed by atoms with van der Waals surface area (Å²) < 4.78 is 1.87. The summed E-state index contributed by atoms with van der Waals surface area (Å²) in [6.07, 6.45) is 17.9. The van der Waals surface area contributed by atoms with Gasteiger partial charge in [0.2, 0.25) is 5.91 Å². The second-order valence-electron chi connectivity index (χ2n) is 12.4. The molecule has 2 fully saturated rings. The summed E-state index contributed by atoms with van der Waals surface area (Å²) in [6, 6.07) is 15.1. The van der Waals surface area contributed by atoms with Gasteiger partial charge in [-0.05, 0) is 69.3 Å². The number of carbonyl (C=O) groups excluding carboxylic acids is 1. The van der Waals surface area contributed by atoms with Gasteiger partial charge in [-0.3, -0.25) is 9.69 Å². The van der Waals surface area contributed by atoms with Crippen molar-refractivity contribution in [3.05, 3.63) is 83.9 Å². The molecule has 0 spiro atoms. The largest absolute Gasteiger partial charge is 0.353 e. The van der Waals surface area contributed by atoms with E-state index in [4.69, 9.17) is 4.98 Å². The molecule has 0 bridgehead atoms. The Morgan fingerprint density at radius 1 is 1.02 bits per heavy atom. The van der Waals surface area contributed by atoms with Crippen molar-refractivity contribution in [3.63, 3.8) is 0 Å². The van der Waals surface area contributed by atoms with E-state index in [2.05, 4.69) is 74.9 Å². The smallest absolute Gasteiger partial charge is 0.223 e. The van der Waals surface area contributed by atoms with Crippen LogP contribution in [0.1, 0.15) is 68.7 Å². The van der Waals surface area contributed by atoms with Crippen molar-refractivity contribution in [1.29, 1.82) is 0 Å². The molecule has 1 aromatic carbocycles. The number of hydrogen-bond acceptors (Lipinski definition) is 5. The summed E-state index contributed by atoms with van der Waals surface area (Å²) in [4.78, 5) is 25.2. The summed E-state index contributed by atoms with van der Waals surface area (Å²) in [5.74, 6) is 0.637. The first-order valence-corrected chi connectivity index (χ1v) is 15.7. The highest BCUT2D eigenvalue weighted by Crippen LogP contribution is 2.36. The number of pyridine rings is 1. The lowest BCUT2D eigenvalue weighted by molar-refractivity contribution is -0.127. The number of nitrogens with one attached hydrogen (secondary N) is 1. The molecule has 1 aliphatic heterocycles. The molecule has 2 aliphatic carbocycles. The summed E-state index contributed by atoms with van der Waals surface area (Å²) in [5, 5.41) is 9.02. The van der Waals surface area contributed by atoms with Crippen molar-refractivity contribution in [1.82, 2.24) is 29.8 Å². The lowest BCUT2D eigenvalue weighted by Gasteiger charge is -2.33. The predicted octanol–water partition coefficient (Wildman–Crippen LogP) is 6.38. The number of fused-ring (bicyclic) bond motifs is 3. The number of carbonyl (C=O) groups is 1. The second kappa shape index (κ2) is 11.8. The van der Waals surface area contributed by atoms with Gasteiger partial charge in [0, 0.05) is 47.6 Å². The highest BCUT2D eigenvalue weighted by Gasteiger charge is 2.28. The van der Waals surface area contributed by atoms with Gasteiger partial charge in [-0.2, -0.15) is 9.61 Å². The molecule has 1 N–H and O–H groups in total. The van der Waals surface area contributed by atoms with Crippen LogP contribution in [0.5, 0.6) is 0 Å². The standard InChI is InChI=1S/C35H40N6O/c1-24-20-32-36-22-29-21-31(26-8-4-2-5-9-26)33(38-34(29)41(32)39-24)27-14-12-25(13-15-27)23-40-18-16-28(17-19-40)35(42)37-30-10-6-3-7-11-30/h2,4-5,8-9,12-14,20-22,27-28,30H,3,6-7,10-11,15-19,23H2,1H3,(H,37,42). The van der Waals surface area contributed by atoms with Gasteiger partial charge < -0.3 is 5.32 Å². The fraction of sp³-hybridized carbons (Fsp3) is 0.429. The summed E-state index contributed by atoms with van der Waals surface area (Å²) >= 11 is 0.